The second-order valence-corrected chi connectivity index (χ2v) is 8.24. The summed E-state index contributed by atoms with van der Waals surface area (Å²) >= 11 is 5.99. The minimum absolute atomic E-state index is 0.0369. The van der Waals surface area contributed by atoms with Gasteiger partial charge in [-0.05, 0) is 38.1 Å². The molecule has 13 heteroatoms. The summed E-state index contributed by atoms with van der Waals surface area (Å²) in [7, 11) is 0. The van der Waals surface area contributed by atoms with E-state index in [1.165, 1.54) is 37.3 Å². The van der Waals surface area contributed by atoms with E-state index in [4.69, 9.17) is 30.5 Å². The number of ether oxygens (including phenoxy) is 4. The topological polar surface area (TPSA) is 147 Å². The third-order valence-corrected chi connectivity index (χ3v) is 5.58. The Bertz CT molecular complexity index is 1170. The van der Waals surface area contributed by atoms with Gasteiger partial charge in [-0.25, -0.2) is 4.79 Å². The molecule has 2 aromatic carbocycles. The number of carbonyl (C=O) groups excluding carboxylic acids is 3. The Labute approximate surface area is 217 Å². The molecule has 3 rings (SSSR count). The molecule has 0 saturated carbocycles. The zero-order valence-electron chi connectivity index (χ0n) is 20.2. The van der Waals surface area contributed by atoms with E-state index in [0.29, 0.717) is 26.3 Å². The Morgan fingerprint density at radius 2 is 1.86 bits per heavy atom. The maximum Gasteiger partial charge on any atom is 0.339 e. The fraction of sp³-hybridized carbons (Fsp3) is 0.375. The van der Waals surface area contributed by atoms with Crippen molar-refractivity contribution in [2.24, 2.45) is 0 Å². The monoisotopic (exact) mass is 535 g/mol. The lowest BCUT2D eigenvalue weighted by molar-refractivity contribution is -0.384. The minimum Gasteiger partial charge on any atom is -0.490 e. The van der Waals surface area contributed by atoms with Gasteiger partial charge < -0.3 is 29.2 Å². The van der Waals surface area contributed by atoms with Crippen LogP contribution in [0.5, 0.6) is 11.5 Å². The normalized spacial score (nSPS) is 13.9. The van der Waals surface area contributed by atoms with Crippen LogP contribution >= 0.6 is 11.6 Å². The number of non-ortho nitro benzene ring substituents is 1. The van der Waals surface area contributed by atoms with E-state index in [-0.39, 0.29) is 52.6 Å². The van der Waals surface area contributed by atoms with Crippen LogP contribution < -0.4 is 14.8 Å². The Kier molecular flexibility index (Phi) is 9.64. The molecule has 1 heterocycles. The van der Waals surface area contributed by atoms with Crippen LogP contribution in [0.4, 0.5) is 11.4 Å². The SMILES string of the molecule is CCOc1cc(C(=O)O[C@H](C)C(=O)Nc2ccc([N+](=O)[O-])cc2Cl)ccc1OCC(=O)N1CCOCC1. The van der Waals surface area contributed by atoms with Crippen molar-refractivity contribution in [2.75, 3.05) is 44.8 Å². The van der Waals surface area contributed by atoms with Crippen LogP contribution in [-0.4, -0.2) is 73.2 Å². The van der Waals surface area contributed by atoms with Gasteiger partial charge in [-0.15, -0.1) is 0 Å². The number of nitro groups is 1. The molecule has 1 aliphatic rings. The molecule has 37 heavy (non-hydrogen) atoms. The third-order valence-electron chi connectivity index (χ3n) is 5.27. The molecule has 12 nitrogen and oxygen atoms in total. The van der Waals surface area contributed by atoms with E-state index >= 15 is 0 Å². The fourth-order valence-electron chi connectivity index (χ4n) is 3.30. The van der Waals surface area contributed by atoms with E-state index < -0.39 is 22.9 Å². The number of hydrogen-bond donors (Lipinski definition) is 1. The van der Waals surface area contributed by atoms with Crippen molar-refractivity contribution in [2.45, 2.75) is 20.0 Å². The Morgan fingerprint density at radius 1 is 1.14 bits per heavy atom. The van der Waals surface area contributed by atoms with Gasteiger partial charge in [-0.3, -0.25) is 19.7 Å². The third kappa shape index (κ3) is 7.54. The van der Waals surface area contributed by atoms with Crippen molar-refractivity contribution in [3.05, 3.63) is 57.1 Å². The summed E-state index contributed by atoms with van der Waals surface area (Å²) in [6.07, 6.45) is -1.21. The number of hydrogen-bond acceptors (Lipinski definition) is 9. The Morgan fingerprint density at radius 3 is 2.51 bits per heavy atom. The average Bonchev–Trinajstić information content (AvgIpc) is 2.89. The van der Waals surface area contributed by atoms with Crippen LogP contribution in [0.1, 0.15) is 24.2 Å². The first-order valence-electron chi connectivity index (χ1n) is 11.4. The van der Waals surface area contributed by atoms with Gasteiger partial charge in [0.1, 0.15) is 0 Å². The van der Waals surface area contributed by atoms with Crippen LogP contribution in [0.15, 0.2) is 36.4 Å². The second kappa shape index (κ2) is 12.9. The lowest BCUT2D eigenvalue weighted by Crippen LogP contribution is -2.43. The number of nitrogens with one attached hydrogen (secondary N) is 1. The molecule has 0 unspecified atom stereocenters. The number of nitrogens with zero attached hydrogens (tertiary/aromatic N) is 2. The van der Waals surface area contributed by atoms with Gasteiger partial charge in [0, 0.05) is 25.2 Å². The summed E-state index contributed by atoms with van der Waals surface area (Å²) in [5.74, 6) is -1.16. The van der Waals surface area contributed by atoms with Crippen LogP contribution in [0, 0.1) is 10.1 Å². The van der Waals surface area contributed by atoms with Gasteiger partial charge in [0.15, 0.2) is 24.2 Å². The minimum atomic E-state index is -1.21. The Hall–Kier alpha value is -3.90. The predicted octanol–water partition coefficient (Wildman–Crippen LogP) is 3.07. The lowest BCUT2D eigenvalue weighted by Gasteiger charge is -2.26. The molecule has 0 aliphatic carbocycles. The van der Waals surface area contributed by atoms with Crippen molar-refractivity contribution in [3.8, 4) is 11.5 Å². The molecule has 1 N–H and O–H groups in total. The standard InChI is InChI=1S/C24H26ClN3O9/c1-3-35-21-12-16(4-7-20(21)36-14-22(29)27-8-10-34-11-9-27)24(31)37-15(2)23(30)26-19-6-5-17(28(32)33)13-18(19)25/h4-7,12-13,15H,3,8-11,14H2,1-2H3,(H,26,30)/t15-/m1/s1. The zero-order chi connectivity index (χ0) is 26.9. The molecule has 1 aliphatic heterocycles. The van der Waals surface area contributed by atoms with Crippen molar-refractivity contribution >= 4 is 40.8 Å². The van der Waals surface area contributed by atoms with Crippen LogP contribution in [0.3, 0.4) is 0 Å². The molecule has 2 amide bonds. The summed E-state index contributed by atoms with van der Waals surface area (Å²) in [6.45, 7) is 5.14. The quantitative estimate of drug-likeness (QED) is 0.275. The van der Waals surface area contributed by atoms with E-state index in [2.05, 4.69) is 5.32 Å². The van der Waals surface area contributed by atoms with Gasteiger partial charge in [0.25, 0.3) is 17.5 Å². The van der Waals surface area contributed by atoms with E-state index in [1.54, 1.807) is 11.8 Å². The average molecular weight is 536 g/mol. The highest BCUT2D eigenvalue weighted by Gasteiger charge is 2.23. The molecule has 198 valence electrons. The predicted molar refractivity (Wildman–Crippen MR) is 132 cm³/mol. The van der Waals surface area contributed by atoms with Crippen molar-refractivity contribution < 1.29 is 38.3 Å². The molecule has 2 aromatic rings. The molecule has 0 spiro atoms. The van der Waals surface area contributed by atoms with Crippen LogP contribution in [0.25, 0.3) is 0 Å². The molecule has 0 radical (unpaired) electrons. The largest absolute Gasteiger partial charge is 0.490 e. The fourth-order valence-corrected chi connectivity index (χ4v) is 3.52. The maximum atomic E-state index is 12.7. The molecule has 1 atom stereocenters. The molecule has 1 saturated heterocycles. The molecular weight excluding hydrogens is 510 g/mol. The number of nitro benzene ring substituents is 1. The molecular formula is C24H26ClN3O9. The maximum absolute atomic E-state index is 12.7. The molecule has 0 aromatic heterocycles. The number of carbonyl (C=O) groups is 3. The van der Waals surface area contributed by atoms with E-state index in [1.807, 2.05) is 0 Å². The summed E-state index contributed by atoms with van der Waals surface area (Å²) in [5.41, 5.74) is 0.000662. The zero-order valence-corrected chi connectivity index (χ0v) is 21.0. The highest BCUT2D eigenvalue weighted by atomic mass is 35.5. The van der Waals surface area contributed by atoms with Crippen molar-refractivity contribution in [3.63, 3.8) is 0 Å². The summed E-state index contributed by atoms with van der Waals surface area (Å²) in [5, 5.41) is 13.3. The number of rotatable bonds is 10. The number of esters is 1. The number of amides is 2. The molecule has 1 fully saturated rings. The van der Waals surface area contributed by atoms with Crippen molar-refractivity contribution in [1.82, 2.24) is 4.90 Å². The number of morpholine rings is 1. The first-order valence-corrected chi connectivity index (χ1v) is 11.8. The number of benzene rings is 2. The highest BCUT2D eigenvalue weighted by molar-refractivity contribution is 6.34. The summed E-state index contributed by atoms with van der Waals surface area (Å²) in [6, 6.07) is 7.88. The van der Waals surface area contributed by atoms with E-state index in [9.17, 15) is 24.5 Å². The Balaban J connectivity index is 1.61. The van der Waals surface area contributed by atoms with Crippen LogP contribution in [0.2, 0.25) is 5.02 Å². The van der Waals surface area contributed by atoms with Crippen LogP contribution in [-0.2, 0) is 19.1 Å². The van der Waals surface area contributed by atoms with Gasteiger partial charge in [0.05, 0.1) is 41.0 Å². The summed E-state index contributed by atoms with van der Waals surface area (Å²) in [4.78, 5) is 49.4. The lowest BCUT2D eigenvalue weighted by atomic mass is 10.2. The molecule has 0 bridgehead atoms. The van der Waals surface area contributed by atoms with Gasteiger partial charge in [-0.2, -0.15) is 0 Å². The van der Waals surface area contributed by atoms with Crippen molar-refractivity contribution in [1.29, 1.82) is 0 Å². The smallest absolute Gasteiger partial charge is 0.339 e. The van der Waals surface area contributed by atoms with Gasteiger partial charge in [0.2, 0.25) is 0 Å². The second-order valence-electron chi connectivity index (χ2n) is 7.83. The number of halogens is 1. The van der Waals surface area contributed by atoms with Gasteiger partial charge in [-0.1, -0.05) is 11.6 Å². The first-order chi connectivity index (χ1) is 17.7. The number of anilines is 1. The summed E-state index contributed by atoms with van der Waals surface area (Å²) < 4.78 is 21.7. The first kappa shape index (κ1) is 27.7. The van der Waals surface area contributed by atoms with E-state index in [0.717, 1.165) is 6.07 Å². The van der Waals surface area contributed by atoms with Gasteiger partial charge >= 0.3 is 5.97 Å². The highest BCUT2D eigenvalue weighted by Crippen LogP contribution is 2.30.